The van der Waals surface area contributed by atoms with E-state index in [1.807, 2.05) is 17.5 Å². The molecule has 2 heterocycles. The molecule has 2 amide bonds. The fourth-order valence-electron chi connectivity index (χ4n) is 1.96. The Morgan fingerprint density at radius 1 is 1.53 bits per heavy atom. The first-order valence-electron chi connectivity index (χ1n) is 5.31. The van der Waals surface area contributed by atoms with Crippen molar-refractivity contribution in [2.45, 2.75) is 19.9 Å². The fourth-order valence-corrected chi connectivity index (χ4v) is 2.75. The van der Waals surface area contributed by atoms with Crippen LogP contribution in [0.3, 0.4) is 0 Å². The molecular formula is C12H14N2O2S. The molecule has 0 aliphatic carbocycles. The standard InChI is InChI=1S/C12H14N2O2S/c1-7-10(8(2)15)11(9-5-4-6-17-9)13-12(16)14(7)3/h4-6,11H,1-3H3,(H,13,16). The SMILES string of the molecule is CC(=O)C1=C(C)N(C)C(=O)NC1c1cccs1. The van der Waals surface area contributed by atoms with Crippen molar-refractivity contribution in [3.63, 3.8) is 0 Å². The molecular weight excluding hydrogens is 236 g/mol. The lowest BCUT2D eigenvalue weighted by atomic mass is 9.97. The molecule has 0 fully saturated rings. The molecule has 0 bridgehead atoms. The lowest BCUT2D eigenvalue weighted by Crippen LogP contribution is -2.45. The first kappa shape index (κ1) is 11.9. The molecule has 2 rings (SSSR count). The number of hydrogen-bond donors (Lipinski definition) is 1. The number of thiophene rings is 1. The van der Waals surface area contributed by atoms with Gasteiger partial charge in [-0.1, -0.05) is 6.07 Å². The second-order valence-electron chi connectivity index (χ2n) is 4.01. The highest BCUT2D eigenvalue weighted by Gasteiger charge is 2.32. The van der Waals surface area contributed by atoms with Gasteiger partial charge in [0.15, 0.2) is 5.78 Å². The van der Waals surface area contributed by atoms with Gasteiger partial charge in [0.2, 0.25) is 0 Å². The number of Topliss-reactive ketones (excluding diaryl/α,β-unsaturated/α-hetero) is 1. The summed E-state index contributed by atoms with van der Waals surface area (Å²) in [6.07, 6.45) is 0. The van der Waals surface area contributed by atoms with E-state index in [2.05, 4.69) is 5.32 Å². The van der Waals surface area contributed by atoms with Gasteiger partial charge in [-0.15, -0.1) is 11.3 Å². The molecule has 1 aliphatic heterocycles. The Kier molecular flexibility index (Phi) is 3.02. The molecule has 5 heteroatoms. The van der Waals surface area contributed by atoms with Gasteiger partial charge in [0, 0.05) is 23.2 Å². The van der Waals surface area contributed by atoms with E-state index in [4.69, 9.17) is 0 Å². The average Bonchev–Trinajstić information content (AvgIpc) is 2.77. The predicted molar refractivity (Wildman–Crippen MR) is 66.7 cm³/mol. The van der Waals surface area contributed by atoms with Crippen LogP contribution in [-0.4, -0.2) is 23.8 Å². The minimum atomic E-state index is -0.309. The number of ketones is 1. The summed E-state index contributed by atoms with van der Waals surface area (Å²) in [7, 11) is 1.66. The van der Waals surface area contributed by atoms with Crippen LogP contribution in [0.15, 0.2) is 28.8 Å². The maximum Gasteiger partial charge on any atom is 0.322 e. The zero-order valence-corrected chi connectivity index (χ0v) is 10.8. The maximum atomic E-state index is 11.8. The summed E-state index contributed by atoms with van der Waals surface area (Å²) in [4.78, 5) is 25.9. The van der Waals surface area contributed by atoms with Crippen molar-refractivity contribution in [1.29, 1.82) is 0 Å². The van der Waals surface area contributed by atoms with Crippen molar-refractivity contribution in [2.75, 3.05) is 7.05 Å². The summed E-state index contributed by atoms with van der Waals surface area (Å²) in [6.45, 7) is 3.33. The van der Waals surface area contributed by atoms with Crippen LogP contribution in [0.25, 0.3) is 0 Å². The molecule has 90 valence electrons. The van der Waals surface area contributed by atoms with Crippen LogP contribution in [0.1, 0.15) is 24.8 Å². The van der Waals surface area contributed by atoms with Gasteiger partial charge in [-0.25, -0.2) is 4.79 Å². The minimum absolute atomic E-state index is 0.00671. The second kappa shape index (κ2) is 4.33. The maximum absolute atomic E-state index is 11.8. The van der Waals surface area contributed by atoms with Crippen molar-refractivity contribution in [2.24, 2.45) is 0 Å². The number of nitrogens with zero attached hydrogens (tertiary/aromatic N) is 1. The number of nitrogens with one attached hydrogen (secondary N) is 1. The summed E-state index contributed by atoms with van der Waals surface area (Å²) < 4.78 is 0. The summed E-state index contributed by atoms with van der Waals surface area (Å²) in [5.74, 6) is -0.00671. The van der Waals surface area contributed by atoms with Gasteiger partial charge >= 0.3 is 6.03 Å². The molecule has 4 nitrogen and oxygen atoms in total. The van der Waals surface area contributed by atoms with Crippen LogP contribution in [0.5, 0.6) is 0 Å². The minimum Gasteiger partial charge on any atom is -0.326 e. The third-order valence-electron chi connectivity index (χ3n) is 2.96. The highest BCUT2D eigenvalue weighted by atomic mass is 32.1. The zero-order chi connectivity index (χ0) is 12.6. The van der Waals surface area contributed by atoms with Crippen molar-refractivity contribution < 1.29 is 9.59 Å². The van der Waals surface area contributed by atoms with Gasteiger partial charge in [0.25, 0.3) is 0 Å². The molecule has 0 aromatic carbocycles. The first-order chi connectivity index (χ1) is 8.02. The van der Waals surface area contributed by atoms with E-state index in [1.165, 1.54) is 23.2 Å². The highest BCUT2D eigenvalue weighted by molar-refractivity contribution is 7.10. The fraction of sp³-hybridized carbons (Fsp3) is 0.333. The van der Waals surface area contributed by atoms with Gasteiger partial charge in [-0.05, 0) is 25.3 Å². The third kappa shape index (κ3) is 1.98. The van der Waals surface area contributed by atoms with Gasteiger partial charge in [-0.3, -0.25) is 4.79 Å². The van der Waals surface area contributed by atoms with E-state index < -0.39 is 0 Å². The van der Waals surface area contributed by atoms with Crippen LogP contribution in [0, 0.1) is 0 Å². The van der Waals surface area contributed by atoms with E-state index in [0.29, 0.717) is 5.57 Å². The molecule has 0 saturated carbocycles. The van der Waals surface area contributed by atoms with Crippen molar-refractivity contribution in [1.82, 2.24) is 10.2 Å². The molecule has 0 spiro atoms. The van der Waals surface area contributed by atoms with E-state index in [9.17, 15) is 9.59 Å². The van der Waals surface area contributed by atoms with E-state index in [0.717, 1.165) is 10.6 Å². The first-order valence-corrected chi connectivity index (χ1v) is 6.19. The highest BCUT2D eigenvalue weighted by Crippen LogP contribution is 2.32. The Labute approximate surface area is 104 Å². The molecule has 1 aromatic rings. The Hall–Kier alpha value is -1.62. The van der Waals surface area contributed by atoms with Crippen molar-refractivity contribution in [3.8, 4) is 0 Å². The molecule has 1 aromatic heterocycles. The zero-order valence-electron chi connectivity index (χ0n) is 9.98. The van der Waals surface area contributed by atoms with Crippen LogP contribution in [0.4, 0.5) is 4.79 Å². The molecule has 1 unspecified atom stereocenters. The monoisotopic (exact) mass is 250 g/mol. The van der Waals surface area contributed by atoms with E-state index >= 15 is 0 Å². The Balaban J connectivity index is 2.51. The van der Waals surface area contributed by atoms with Crippen LogP contribution >= 0.6 is 11.3 Å². The van der Waals surface area contributed by atoms with Crippen LogP contribution < -0.4 is 5.32 Å². The normalized spacial score (nSPS) is 20.5. The number of rotatable bonds is 2. The lowest BCUT2D eigenvalue weighted by molar-refractivity contribution is -0.114. The van der Waals surface area contributed by atoms with Gasteiger partial charge in [0.1, 0.15) is 0 Å². The molecule has 1 N–H and O–H groups in total. The van der Waals surface area contributed by atoms with Crippen LogP contribution in [-0.2, 0) is 4.79 Å². The summed E-state index contributed by atoms with van der Waals surface area (Å²) >= 11 is 1.54. The topological polar surface area (TPSA) is 49.4 Å². The molecule has 1 aliphatic rings. The van der Waals surface area contributed by atoms with Gasteiger partial charge in [0.05, 0.1) is 6.04 Å². The summed E-state index contributed by atoms with van der Waals surface area (Å²) in [5.41, 5.74) is 1.38. The van der Waals surface area contributed by atoms with Crippen LogP contribution in [0.2, 0.25) is 0 Å². The Morgan fingerprint density at radius 3 is 2.76 bits per heavy atom. The largest absolute Gasteiger partial charge is 0.326 e. The Bertz CT molecular complexity index is 491. The summed E-state index contributed by atoms with van der Waals surface area (Å²) in [5, 5.41) is 4.79. The molecule has 0 radical (unpaired) electrons. The number of hydrogen-bond acceptors (Lipinski definition) is 3. The van der Waals surface area contributed by atoms with E-state index in [-0.39, 0.29) is 17.9 Å². The average molecular weight is 250 g/mol. The lowest BCUT2D eigenvalue weighted by Gasteiger charge is -2.32. The van der Waals surface area contributed by atoms with Crippen molar-refractivity contribution in [3.05, 3.63) is 33.7 Å². The Morgan fingerprint density at radius 2 is 2.24 bits per heavy atom. The third-order valence-corrected chi connectivity index (χ3v) is 3.90. The summed E-state index contributed by atoms with van der Waals surface area (Å²) in [6, 6.07) is 3.36. The number of allylic oxidation sites excluding steroid dienone is 1. The van der Waals surface area contributed by atoms with Gasteiger partial charge < -0.3 is 10.2 Å². The molecule has 17 heavy (non-hydrogen) atoms. The number of carbonyl (C=O) groups excluding carboxylic acids is 2. The van der Waals surface area contributed by atoms with Crippen molar-refractivity contribution >= 4 is 23.2 Å². The molecule has 0 saturated heterocycles. The number of urea groups is 1. The molecule has 1 atom stereocenters. The predicted octanol–water partition coefficient (Wildman–Crippen LogP) is 2.31. The number of amides is 2. The van der Waals surface area contributed by atoms with Gasteiger partial charge in [-0.2, -0.15) is 0 Å². The van der Waals surface area contributed by atoms with E-state index in [1.54, 1.807) is 14.0 Å². The smallest absolute Gasteiger partial charge is 0.322 e. The second-order valence-corrected chi connectivity index (χ2v) is 4.99. The number of carbonyl (C=O) groups is 2. The quantitative estimate of drug-likeness (QED) is 0.875.